The van der Waals surface area contributed by atoms with Crippen LogP contribution in [0.3, 0.4) is 0 Å². The molecule has 0 N–H and O–H groups in total. The molecule has 2 heteroatoms. The predicted molar refractivity (Wildman–Crippen MR) is 49.5 cm³/mol. The van der Waals surface area contributed by atoms with Gasteiger partial charge in [0.25, 0.3) is 0 Å². The van der Waals surface area contributed by atoms with Crippen LogP contribution in [0, 0.1) is 5.92 Å². The molecule has 0 saturated heterocycles. The third-order valence-electron chi connectivity index (χ3n) is 1.91. The first-order valence-corrected chi connectivity index (χ1v) is 4.59. The van der Waals surface area contributed by atoms with Gasteiger partial charge < -0.3 is 4.74 Å². The van der Waals surface area contributed by atoms with Gasteiger partial charge in [0, 0.05) is 0 Å². The lowest BCUT2D eigenvalue weighted by Gasteiger charge is -2.28. The van der Waals surface area contributed by atoms with E-state index < -0.39 is 0 Å². The molecule has 0 aliphatic carbocycles. The highest BCUT2D eigenvalue weighted by molar-refractivity contribution is 5.39. The normalized spacial score (nSPS) is 15.8. The molecule has 0 aliphatic rings. The predicted octanol–water partition coefficient (Wildman–Crippen LogP) is 2.68. The lowest BCUT2D eigenvalue weighted by molar-refractivity contribution is 0.0397. The third-order valence-corrected chi connectivity index (χ3v) is 1.91. The first kappa shape index (κ1) is 11.5. The fourth-order valence-corrected chi connectivity index (χ4v) is 1.69. The van der Waals surface area contributed by atoms with Gasteiger partial charge in [-0.1, -0.05) is 27.2 Å². The summed E-state index contributed by atoms with van der Waals surface area (Å²) < 4.78 is 4.98. The zero-order valence-electron chi connectivity index (χ0n) is 8.52. The number of hydrogen-bond acceptors (Lipinski definition) is 2. The van der Waals surface area contributed by atoms with E-state index in [1.54, 1.807) is 6.47 Å². The van der Waals surface area contributed by atoms with E-state index >= 15 is 0 Å². The highest BCUT2D eigenvalue weighted by atomic mass is 16.5. The van der Waals surface area contributed by atoms with Crippen LogP contribution < -0.4 is 0 Å². The average Bonchev–Trinajstić information content (AvgIpc) is 1.85. The maximum atomic E-state index is 10.1. The molecule has 2 nitrogen and oxygen atoms in total. The summed E-state index contributed by atoms with van der Waals surface area (Å²) in [7, 11) is 0. The Labute approximate surface area is 75.3 Å². The van der Waals surface area contributed by atoms with E-state index in [0.29, 0.717) is 5.92 Å². The smallest absolute Gasteiger partial charge is 0.418 e. The van der Waals surface area contributed by atoms with Gasteiger partial charge >= 0.3 is 6.47 Å². The molecule has 0 heterocycles. The summed E-state index contributed by atoms with van der Waals surface area (Å²) in [5, 5.41) is 0. The second-order valence-corrected chi connectivity index (χ2v) is 3.98. The van der Waals surface area contributed by atoms with E-state index in [2.05, 4.69) is 20.8 Å². The molecule has 1 atom stereocenters. The second-order valence-electron chi connectivity index (χ2n) is 3.98. The standard InChI is InChI=1S/C10H19O2/c1-5-6-10(4,12-8-11)7-9(2)3/h9H,5-7H2,1-4H3. The van der Waals surface area contributed by atoms with Crippen LogP contribution >= 0.6 is 0 Å². The van der Waals surface area contributed by atoms with Crippen molar-refractivity contribution in [3.8, 4) is 0 Å². The Morgan fingerprint density at radius 3 is 2.42 bits per heavy atom. The summed E-state index contributed by atoms with van der Waals surface area (Å²) in [6, 6.07) is 0. The summed E-state index contributed by atoms with van der Waals surface area (Å²) in [6.45, 7) is 9.87. The van der Waals surface area contributed by atoms with Crippen molar-refractivity contribution in [2.75, 3.05) is 0 Å². The van der Waals surface area contributed by atoms with Gasteiger partial charge in [-0.05, 0) is 25.7 Å². The van der Waals surface area contributed by atoms with E-state index in [1.807, 2.05) is 6.92 Å². The van der Waals surface area contributed by atoms with Gasteiger partial charge in [0.15, 0.2) is 0 Å². The van der Waals surface area contributed by atoms with Crippen molar-refractivity contribution in [2.45, 2.75) is 52.6 Å². The highest BCUT2D eigenvalue weighted by Gasteiger charge is 2.25. The number of ether oxygens (including phenoxy) is 1. The van der Waals surface area contributed by atoms with Gasteiger partial charge in [0.05, 0.1) is 0 Å². The maximum absolute atomic E-state index is 10.1. The van der Waals surface area contributed by atoms with Crippen molar-refractivity contribution in [3.05, 3.63) is 0 Å². The minimum Gasteiger partial charge on any atom is -0.451 e. The van der Waals surface area contributed by atoms with Crippen LogP contribution in [0.1, 0.15) is 47.0 Å². The molecule has 0 aromatic rings. The van der Waals surface area contributed by atoms with Gasteiger partial charge in [0.2, 0.25) is 0 Å². The fourth-order valence-electron chi connectivity index (χ4n) is 1.69. The summed E-state index contributed by atoms with van der Waals surface area (Å²) in [5.74, 6) is 0.551. The minimum atomic E-state index is -0.301. The Bertz CT molecular complexity index is 132. The molecule has 0 bridgehead atoms. The van der Waals surface area contributed by atoms with Crippen LogP contribution in [0.4, 0.5) is 0 Å². The van der Waals surface area contributed by atoms with Crippen molar-refractivity contribution in [2.24, 2.45) is 5.92 Å². The van der Waals surface area contributed by atoms with E-state index in [0.717, 1.165) is 19.3 Å². The molecule has 0 aromatic carbocycles. The molecule has 0 aromatic heterocycles. The molecular weight excluding hydrogens is 152 g/mol. The Morgan fingerprint density at radius 1 is 1.50 bits per heavy atom. The van der Waals surface area contributed by atoms with Crippen molar-refractivity contribution in [1.82, 2.24) is 0 Å². The minimum absolute atomic E-state index is 0.301. The van der Waals surface area contributed by atoms with Crippen molar-refractivity contribution in [3.63, 3.8) is 0 Å². The van der Waals surface area contributed by atoms with Crippen molar-refractivity contribution in [1.29, 1.82) is 0 Å². The monoisotopic (exact) mass is 171 g/mol. The van der Waals surface area contributed by atoms with Crippen LogP contribution in [0.5, 0.6) is 0 Å². The van der Waals surface area contributed by atoms with Crippen LogP contribution in [0.15, 0.2) is 0 Å². The molecule has 0 rings (SSSR count). The summed E-state index contributed by atoms with van der Waals surface area (Å²) >= 11 is 0. The molecule has 0 spiro atoms. The molecule has 0 aliphatic heterocycles. The number of carbonyl (C=O) groups excluding carboxylic acids is 1. The Hall–Kier alpha value is -0.530. The summed E-state index contributed by atoms with van der Waals surface area (Å²) in [5.41, 5.74) is -0.301. The first-order valence-electron chi connectivity index (χ1n) is 4.59. The summed E-state index contributed by atoms with van der Waals surface area (Å²) in [4.78, 5) is 10.1. The third kappa shape index (κ3) is 4.37. The van der Waals surface area contributed by atoms with Crippen molar-refractivity contribution >= 4 is 6.47 Å². The van der Waals surface area contributed by atoms with E-state index in [-0.39, 0.29) is 5.60 Å². The van der Waals surface area contributed by atoms with Crippen molar-refractivity contribution < 1.29 is 9.53 Å². The van der Waals surface area contributed by atoms with Crippen LogP contribution in [-0.2, 0) is 9.53 Å². The zero-order valence-corrected chi connectivity index (χ0v) is 8.52. The highest BCUT2D eigenvalue weighted by Crippen LogP contribution is 2.25. The summed E-state index contributed by atoms with van der Waals surface area (Å²) in [6.07, 6.45) is 2.86. The Kier molecular flexibility index (Phi) is 4.95. The van der Waals surface area contributed by atoms with Gasteiger partial charge in [-0.3, -0.25) is 0 Å². The fraction of sp³-hybridized carbons (Fsp3) is 0.900. The van der Waals surface area contributed by atoms with E-state index in [9.17, 15) is 4.79 Å². The molecule has 0 saturated carbocycles. The zero-order chi connectivity index (χ0) is 9.61. The molecular formula is C10H19O2. The van der Waals surface area contributed by atoms with Crippen LogP contribution in [0.25, 0.3) is 0 Å². The number of hydrogen-bond donors (Lipinski definition) is 0. The largest absolute Gasteiger partial charge is 0.451 e. The second kappa shape index (κ2) is 5.18. The maximum Gasteiger partial charge on any atom is 0.418 e. The molecule has 1 unspecified atom stereocenters. The molecule has 1 radical (unpaired) electrons. The van der Waals surface area contributed by atoms with E-state index in [1.165, 1.54) is 0 Å². The molecule has 12 heavy (non-hydrogen) atoms. The van der Waals surface area contributed by atoms with Crippen LogP contribution in [0.2, 0.25) is 0 Å². The lowest BCUT2D eigenvalue weighted by Crippen LogP contribution is -2.29. The SMILES string of the molecule is CCCC(C)(CC(C)C)O[C]=O. The first-order chi connectivity index (χ1) is 5.54. The topological polar surface area (TPSA) is 26.3 Å². The van der Waals surface area contributed by atoms with Gasteiger partial charge in [-0.2, -0.15) is 0 Å². The quantitative estimate of drug-likeness (QED) is 0.614. The van der Waals surface area contributed by atoms with Crippen LogP contribution in [-0.4, -0.2) is 12.1 Å². The Balaban J connectivity index is 4.06. The Morgan fingerprint density at radius 2 is 2.08 bits per heavy atom. The molecule has 0 amide bonds. The average molecular weight is 171 g/mol. The van der Waals surface area contributed by atoms with Gasteiger partial charge in [-0.15, -0.1) is 0 Å². The van der Waals surface area contributed by atoms with Gasteiger partial charge in [0.1, 0.15) is 5.60 Å². The molecule has 0 fully saturated rings. The lowest BCUT2D eigenvalue weighted by atomic mass is 9.90. The van der Waals surface area contributed by atoms with Gasteiger partial charge in [-0.25, -0.2) is 4.79 Å². The number of rotatable bonds is 6. The van der Waals surface area contributed by atoms with E-state index in [4.69, 9.17) is 4.74 Å². The molecule has 71 valence electrons.